The maximum atomic E-state index is 13.1. The average Bonchev–Trinajstić information content (AvgIpc) is 3.60. The van der Waals surface area contributed by atoms with Crippen molar-refractivity contribution in [1.82, 2.24) is 24.6 Å². The Hall–Kier alpha value is -3.10. The lowest BCUT2D eigenvalue weighted by molar-refractivity contribution is -0.129. The van der Waals surface area contributed by atoms with Crippen molar-refractivity contribution in [2.75, 3.05) is 13.7 Å². The number of nitrogens with one attached hydrogen (secondary N) is 1. The molecule has 2 aromatic heterocycles. The molecule has 4 aromatic rings. The zero-order chi connectivity index (χ0) is 23.5. The van der Waals surface area contributed by atoms with Gasteiger partial charge in [-0.05, 0) is 31.4 Å². The van der Waals surface area contributed by atoms with Crippen LogP contribution in [0.3, 0.4) is 0 Å². The lowest BCUT2D eigenvalue weighted by Gasteiger charge is -2.21. The Labute approximate surface area is 203 Å². The number of aromatic amines is 1. The summed E-state index contributed by atoms with van der Waals surface area (Å²) >= 11 is 1.46. The normalized spacial score (nSPS) is 16.7. The van der Waals surface area contributed by atoms with E-state index in [4.69, 9.17) is 4.74 Å². The van der Waals surface area contributed by atoms with E-state index in [2.05, 4.69) is 31.9 Å². The molecule has 1 N–H and O–H groups in total. The number of para-hydroxylation sites is 1. The summed E-state index contributed by atoms with van der Waals surface area (Å²) in [6, 6.07) is 18.2. The monoisotopic (exact) mass is 475 g/mol. The number of aromatic nitrogens is 4. The summed E-state index contributed by atoms with van der Waals surface area (Å²) < 4.78 is 8.05. The Morgan fingerprint density at radius 1 is 1.21 bits per heavy atom. The fourth-order valence-corrected chi connectivity index (χ4v) is 5.42. The molecule has 1 saturated heterocycles. The van der Waals surface area contributed by atoms with Gasteiger partial charge in [0.15, 0.2) is 11.0 Å². The Morgan fingerprint density at radius 2 is 2.00 bits per heavy atom. The van der Waals surface area contributed by atoms with Gasteiger partial charge in [0.1, 0.15) is 0 Å². The third-order valence-electron chi connectivity index (χ3n) is 6.23. The first-order chi connectivity index (χ1) is 16.6. The zero-order valence-electron chi connectivity index (χ0n) is 19.5. The molecule has 1 fully saturated rings. The number of carbonyl (C=O) groups excluding carboxylic acids is 1. The maximum absolute atomic E-state index is 13.1. The number of fused-ring (bicyclic) bond motifs is 1. The number of amides is 1. The molecule has 0 saturated carbocycles. The van der Waals surface area contributed by atoms with Crippen LogP contribution in [0.4, 0.5) is 0 Å². The number of hydrogen-bond donors (Lipinski definition) is 1. The Kier molecular flexibility index (Phi) is 6.69. The van der Waals surface area contributed by atoms with Gasteiger partial charge in [0, 0.05) is 42.9 Å². The van der Waals surface area contributed by atoms with Crippen LogP contribution in [-0.2, 0) is 22.6 Å². The lowest BCUT2D eigenvalue weighted by atomic mass is 10.1. The van der Waals surface area contributed by atoms with Gasteiger partial charge in [0.25, 0.3) is 0 Å². The minimum Gasteiger partial charge on any atom is -0.376 e. The van der Waals surface area contributed by atoms with Gasteiger partial charge in [-0.2, -0.15) is 0 Å². The van der Waals surface area contributed by atoms with Crippen molar-refractivity contribution >= 4 is 28.6 Å². The van der Waals surface area contributed by atoms with Crippen LogP contribution in [0.5, 0.6) is 0 Å². The van der Waals surface area contributed by atoms with Gasteiger partial charge in [0.2, 0.25) is 5.91 Å². The van der Waals surface area contributed by atoms with Crippen molar-refractivity contribution in [3.05, 3.63) is 66.4 Å². The molecule has 2 atom stereocenters. The van der Waals surface area contributed by atoms with Crippen molar-refractivity contribution in [3.63, 3.8) is 0 Å². The van der Waals surface area contributed by atoms with Crippen molar-refractivity contribution < 1.29 is 9.53 Å². The highest BCUT2D eigenvalue weighted by atomic mass is 32.2. The highest BCUT2D eigenvalue weighted by Crippen LogP contribution is 2.32. The van der Waals surface area contributed by atoms with Crippen molar-refractivity contribution in [3.8, 4) is 11.4 Å². The minimum absolute atomic E-state index is 0.0640. The number of thioether (sulfide) groups is 1. The second-order valence-corrected chi connectivity index (χ2v) is 10.0. The Bertz CT molecular complexity index is 1260. The summed E-state index contributed by atoms with van der Waals surface area (Å²) in [4.78, 5) is 18.2. The summed E-state index contributed by atoms with van der Waals surface area (Å²) in [5.41, 5.74) is 3.18. The van der Waals surface area contributed by atoms with E-state index in [9.17, 15) is 4.79 Å². The van der Waals surface area contributed by atoms with Gasteiger partial charge in [-0.15, -0.1) is 10.2 Å². The van der Waals surface area contributed by atoms with Gasteiger partial charge in [0.05, 0.1) is 17.9 Å². The molecular formula is C26H29N5O2S. The van der Waals surface area contributed by atoms with E-state index in [0.29, 0.717) is 13.1 Å². The molecule has 1 aliphatic heterocycles. The van der Waals surface area contributed by atoms with Gasteiger partial charge in [-0.3, -0.25) is 9.36 Å². The van der Waals surface area contributed by atoms with E-state index in [1.807, 2.05) is 62.6 Å². The molecule has 7 nitrogen and oxygen atoms in total. The molecule has 2 aromatic carbocycles. The first-order valence-electron chi connectivity index (χ1n) is 11.7. The van der Waals surface area contributed by atoms with Crippen LogP contribution in [0.2, 0.25) is 0 Å². The van der Waals surface area contributed by atoms with Crippen molar-refractivity contribution in [2.45, 2.75) is 49.4 Å². The highest BCUT2D eigenvalue weighted by Gasteiger charge is 2.26. The van der Waals surface area contributed by atoms with E-state index in [0.717, 1.165) is 52.5 Å². The molecule has 0 spiro atoms. The standard InChI is InChI=1S/C26H29N5O2S/c1-18(25(32)30(2)16-19-9-4-3-5-10-19)34-26-29-28-24(31(26)17-20-11-8-14-33-20)22-15-27-23-13-7-6-12-21(22)23/h3-7,9-10,12-13,15,18,20,27H,8,11,14,16-17H2,1-2H3. The summed E-state index contributed by atoms with van der Waals surface area (Å²) in [6.07, 6.45) is 4.20. The number of nitrogens with zero attached hydrogens (tertiary/aromatic N) is 4. The number of hydrogen-bond acceptors (Lipinski definition) is 5. The van der Waals surface area contributed by atoms with Crippen LogP contribution in [0.15, 0.2) is 66.0 Å². The zero-order valence-corrected chi connectivity index (χ0v) is 20.3. The molecular weight excluding hydrogens is 446 g/mol. The molecule has 3 heterocycles. The van der Waals surface area contributed by atoms with Crippen LogP contribution < -0.4 is 0 Å². The third kappa shape index (κ3) is 4.74. The fraction of sp³-hybridized carbons (Fsp3) is 0.346. The van der Waals surface area contributed by atoms with Gasteiger partial charge in [-0.25, -0.2) is 0 Å². The van der Waals surface area contributed by atoms with Gasteiger partial charge in [-0.1, -0.05) is 60.3 Å². The Morgan fingerprint density at radius 3 is 2.79 bits per heavy atom. The SMILES string of the molecule is CC(Sc1nnc(-c2c[nH]c3ccccc23)n1CC1CCCO1)C(=O)N(C)Cc1ccccc1. The summed E-state index contributed by atoms with van der Waals surface area (Å²) in [7, 11) is 1.85. The molecule has 8 heteroatoms. The largest absolute Gasteiger partial charge is 0.376 e. The van der Waals surface area contributed by atoms with Gasteiger partial charge < -0.3 is 14.6 Å². The molecule has 1 amide bonds. The molecule has 34 heavy (non-hydrogen) atoms. The van der Waals surface area contributed by atoms with Crippen molar-refractivity contribution in [2.24, 2.45) is 0 Å². The molecule has 0 bridgehead atoms. The summed E-state index contributed by atoms with van der Waals surface area (Å²) in [6.45, 7) is 3.97. The number of benzene rings is 2. The van der Waals surface area contributed by atoms with Crippen LogP contribution >= 0.6 is 11.8 Å². The van der Waals surface area contributed by atoms with Crippen LogP contribution in [-0.4, -0.2) is 55.6 Å². The number of carbonyl (C=O) groups is 1. The number of H-pyrrole nitrogens is 1. The second-order valence-electron chi connectivity index (χ2n) is 8.74. The fourth-order valence-electron chi connectivity index (χ4n) is 4.44. The topological polar surface area (TPSA) is 76.0 Å². The average molecular weight is 476 g/mol. The molecule has 5 rings (SSSR count). The predicted octanol–water partition coefficient (Wildman–Crippen LogP) is 4.74. The summed E-state index contributed by atoms with van der Waals surface area (Å²) in [5, 5.41) is 10.6. The molecule has 176 valence electrons. The first-order valence-corrected chi connectivity index (χ1v) is 12.5. The van der Waals surface area contributed by atoms with E-state index < -0.39 is 0 Å². The molecule has 2 unspecified atom stereocenters. The molecule has 1 aliphatic rings. The van der Waals surface area contributed by atoms with E-state index in [1.54, 1.807) is 4.90 Å². The molecule has 0 aliphatic carbocycles. The smallest absolute Gasteiger partial charge is 0.235 e. The maximum Gasteiger partial charge on any atom is 0.235 e. The quantitative estimate of drug-likeness (QED) is 0.373. The summed E-state index contributed by atoms with van der Waals surface area (Å²) in [5.74, 6) is 0.863. The number of rotatable bonds is 8. The van der Waals surface area contributed by atoms with E-state index in [-0.39, 0.29) is 17.3 Å². The lowest BCUT2D eigenvalue weighted by Crippen LogP contribution is -2.33. The van der Waals surface area contributed by atoms with Gasteiger partial charge >= 0.3 is 0 Å². The third-order valence-corrected chi connectivity index (χ3v) is 7.29. The minimum atomic E-state index is -0.294. The van der Waals surface area contributed by atoms with E-state index >= 15 is 0 Å². The predicted molar refractivity (Wildman–Crippen MR) is 135 cm³/mol. The molecule has 0 radical (unpaired) electrons. The van der Waals surface area contributed by atoms with Crippen LogP contribution in [0, 0.1) is 0 Å². The Balaban J connectivity index is 1.40. The van der Waals surface area contributed by atoms with Crippen LogP contribution in [0.25, 0.3) is 22.3 Å². The highest BCUT2D eigenvalue weighted by molar-refractivity contribution is 8.00. The first kappa shape index (κ1) is 22.7. The van der Waals surface area contributed by atoms with Crippen LogP contribution in [0.1, 0.15) is 25.3 Å². The van der Waals surface area contributed by atoms with E-state index in [1.165, 1.54) is 11.8 Å². The van der Waals surface area contributed by atoms with Crippen molar-refractivity contribution in [1.29, 1.82) is 0 Å². The second kappa shape index (κ2) is 10.0. The number of ether oxygens (including phenoxy) is 1.